The van der Waals surface area contributed by atoms with Gasteiger partial charge in [0, 0.05) is 5.92 Å². The zero-order valence-electron chi connectivity index (χ0n) is 15.0. The molecular weight excluding hydrogens is 296 g/mol. The molecule has 0 aromatic rings. The van der Waals surface area contributed by atoms with Crippen LogP contribution in [0.2, 0.25) is 0 Å². The molecule has 5 aliphatic rings. The second kappa shape index (κ2) is 5.19. The zero-order chi connectivity index (χ0) is 16.5. The molecule has 0 radical (unpaired) electrons. The first-order valence-corrected chi connectivity index (χ1v) is 10.4. The number of hydrogen-bond acceptors (Lipinski definition) is 2. The first-order chi connectivity index (χ1) is 11.5. The standard InChI is InChI=1S/C22H32O2/c1-21-11-8-15(23)13-14(21)4-5-16-17(21)9-12-22-10-2-3-20(24)19(22)7-6-18(16)22/h2-3,14-19,23H,4-13H2,1H3/t14-,15+,16?,17?,18?,19+,21-,22-/m0/s1. The predicted octanol–water partition coefficient (Wildman–Crippen LogP) is 4.52. The van der Waals surface area contributed by atoms with Gasteiger partial charge in [0.25, 0.3) is 0 Å². The van der Waals surface area contributed by atoms with Gasteiger partial charge in [-0.3, -0.25) is 4.79 Å². The van der Waals surface area contributed by atoms with E-state index in [9.17, 15) is 9.90 Å². The molecule has 0 amide bonds. The molecule has 5 rings (SSSR count). The fourth-order valence-corrected chi connectivity index (χ4v) is 8.38. The molecule has 3 unspecified atom stereocenters. The fourth-order valence-electron chi connectivity index (χ4n) is 8.38. The van der Waals surface area contributed by atoms with Gasteiger partial charge in [-0.05, 0) is 105 Å². The van der Waals surface area contributed by atoms with Crippen molar-refractivity contribution in [3.05, 3.63) is 12.2 Å². The Bertz CT molecular complexity index is 581. The van der Waals surface area contributed by atoms with Crippen LogP contribution in [0.5, 0.6) is 0 Å². The Morgan fingerprint density at radius 3 is 2.79 bits per heavy atom. The number of aliphatic hydroxyl groups excluding tert-OH is 1. The van der Waals surface area contributed by atoms with Crippen molar-refractivity contribution >= 4 is 5.78 Å². The Balaban J connectivity index is 1.47. The van der Waals surface area contributed by atoms with Crippen molar-refractivity contribution in [2.24, 2.45) is 40.4 Å². The highest BCUT2D eigenvalue weighted by atomic mass is 16.3. The maximum absolute atomic E-state index is 12.5. The highest BCUT2D eigenvalue weighted by molar-refractivity contribution is 5.93. The Labute approximate surface area is 146 Å². The SMILES string of the molecule is C[C@]12CC[C@@H](O)C[C@@H]1CCC1C3CC[C@@H]4C(=O)C=CC[C@]34CCC12. The number of aliphatic hydroxyl groups is 1. The van der Waals surface area contributed by atoms with Crippen LogP contribution in [0.15, 0.2) is 12.2 Å². The number of rotatable bonds is 0. The van der Waals surface area contributed by atoms with Gasteiger partial charge in [0.05, 0.1) is 6.10 Å². The first-order valence-electron chi connectivity index (χ1n) is 10.4. The fraction of sp³-hybridized carbons (Fsp3) is 0.864. The lowest BCUT2D eigenvalue weighted by Gasteiger charge is -2.61. The van der Waals surface area contributed by atoms with Crippen molar-refractivity contribution in [2.45, 2.75) is 77.2 Å². The van der Waals surface area contributed by atoms with E-state index >= 15 is 0 Å². The van der Waals surface area contributed by atoms with Crippen molar-refractivity contribution < 1.29 is 9.90 Å². The Morgan fingerprint density at radius 1 is 1.04 bits per heavy atom. The number of fused-ring (bicyclic) bond motifs is 4. The third-order valence-corrected chi connectivity index (χ3v) is 9.48. The van der Waals surface area contributed by atoms with Crippen LogP contribution in [0.25, 0.3) is 0 Å². The van der Waals surface area contributed by atoms with Crippen molar-refractivity contribution in [2.75, 3.05) is 0 Å². The third-order valence-electron chi connectivity index (χ3n) is 9.48. The summed E-state index contributed by atoms with van der Waals surface area (Å²) in [5, 5.41) is 10.1. The van der Waals surface area contributed by atoms with Crippen LogP contribution in [0.3, 0.4) is 0 Å². The quantitative estimate of drug-likeness (QED) is 0.710. The van der Waals surface area contributed by atoms with Crippen LogP contribution in [-0.2, 0) is 4.79 Å². The predicted molar refractivity (Wildman–Crippen MR) is 94.3 cm³/mol. The molecular formula is C22H32O2. The molecule has 0 aliphatic heterocycles. The smallest absolute Gasteiger partial charge is 0.159 e. The molecule has 0 heterocycles. The molecule has 1 N–H and O–H groups in total. The summed E-state index contributed by atoms with van der Waals surface area (Å²) >= 11 is 0. The van der Waals surface area contributed by atoms with E-state index in [0.717, 1.165) is 49.4 Å². The summed E-state index contributed by atoms with van der Waals surface area (Å²) in [6.07, 6.45) is 16.2. The number of allylic oxidation sites excluding steroid dienone is 2. The molecule has 24 heavy (non-hydrogen) atoms. The summed E-state index contributed by atoms with van der Waals surface area (Å²) in [4.78, 5) is 12.5. The van der Waals surface area contributed by atoms with Gasteiger partial charge in [0.2, 0.25) is 0 Å². The second-order valence-corrected chi connectivity index (χ2v) is 10.00. The number of ketones is 1. The highest BCUT2D eigenvalue weighted by Crippen LogP contribution is 2.69. The van der Waals surface area contributed by atoms with Gasteiger partial charge >= 0.3 is 0 Å². The lowest BCUT2D eigenvalue weighted by molar-refractivity contribution is -0.140. The molecule has 0 bridgehead atoms. The van der Waals surface area contributed by atoms with E-state index < -0.39 is 0 Å². The highest BCUT2D eigenvalue weighted by Gasteiger charge is 2.62. The molecule has 0 saturated heterocycles. The van der Waals surface area contributed by atoms with E-state index in [0.29, 0.717) is 22.5 Å². The normalized spacial score (nSPS) is 56.2. The van der Waals surface area contributed by atoms with Gasteiger partial charge in [0.1, 0.15) is 0 Å². The molecule has 5 aliphatic carbocycles. The zero-order valence-corrected chi connectivity index (χ0v) is 15.0. The van der Waals surface area contributed by atoms with Crippen LogP contribution in [0.1, 0.15) is 71.1 Å². The maximum atomic E-state index is 12.5. The van der Waals surface area contributed by atoms with Crippen LogP contribution in [-0.4, -0.2) is 17.0 Å². The van der Waals surface area contributed by atoms with Gasteiger partial charge in [-0.1, -0.05) is 13.0 Å². The van der Waals surface area contributed by atoms with Crippen LogP contribution >= 0.6 is 0 Å². The van der Waals surface area contributed by atoms with E-state index in [1.807, 2.05) is 6.08 Å². The van der Waals surface area contributed by atoms with E-state index in [-0.39, 0.29) is 6.10 Å². The van der Waals surface area contributed by atoms with Gasteiger partial charge < -0.3 is 5.11 Å². The minimum atomic E-state index is -0.0495. The maximum Gasteiger partial charge on any atom is 0.159 e. The van der Waals surface area contributed by atoms with Gasteiger partial charge in [-0.15, -0.1) is 0 Å². The Hall–Kier alpha value is -0.630. The van der Waals surface area contributed by atoms with Crippen LogP contribution in [0.4, 0.5) is 0 Å². The summed E-state index contributed by atoms with van der Waals surface area (Å²) in [5.74, 6) is 4.00. The molecule has 1 spiro atoms. The number of hydrogen-bond donors (Lipinski definition) is 1. The molecule has 0 aromatic heterocycles. The van der Waals surface area contributed by atoms with Gasteiger partial charge in [0.15, 0.2) is 5.78 Å². The topological polar surface area (TPSA) is 37.3 Å². The summed E-state index contributed by atoms with van der Waals surface area (Å²) in [7, 11) is 0. The molecule has 4 fully saturated rings. The van der Waals surface area contributed by atoms with Gasteiger partial charge in [-0.25, -0.2) is 0 Å². The summed E-state index contributed by atoms with van der Waals surface area (Å²) < 4.78 is 0. The summed E-state index contributed by atoms with van der Waals surface area (Å²) in [6, 6.07) is 0. The molecule has 4 saturated carbocycles. The minimum Gasteiger partial charge on any atom is -0.393 e. The molecule has 0 aromatic carbocycles. The van der Waals surface area contributed by atoms with Crippen LogP contribution < -0.4 is 0 Å². The molecule has 2 nitrogen and oxygen atoms in total. The first kappa shape index (κ1) is 15.6. The van der Waals surface area contributed by atoms with Crippen molar-refractivity contribution in [3.8, 4) is 0 Å². The average Bonchev–Trinajstić information content (AvgIpc) is 2.96. The lowest BCUT2D eigenvalue weighted by atomic mass is 9.43. The number of carbonyl (C=O) groups excluding carboxylic acids is 1. The summed E-state index contributed by atoms with van der Waals surface area (Å²) in [5.41, 5.74) is 0.779. The average molecular weight is 328 g/mol. The van der Waals surface area contributed by atoms with E-state index in [1.54, 1.807) is 0 Å². The van der Waals surface area contributed by atoms with E-state index in [2.05, 4.69) is 13.0 Å². The van der Waals surface area contributed by atoms with E-state index in [1.165, 1.54) is 38.5 Å². The van der Waals surface area contributed by atoms with Gasteiger partial charge in [-0.2, -0.15) is 0 Å². The van der Waals surface area contributed by atoms with Crippen molar-refractivity contribution in [1.29, 1.82) is 0 Å². The summed E-state index contributed by atoms with van der Waals surface area (Å²) in [6.45, 7) is 2.55. The van der Waals surface area contributed by atoms with Crippen molar-refractivity contribution in [1.82, 2.24) is 0 Å². The van der Waals surface area contributed by atoms with Crippen LogP contribution in [0, 0.1) is 40.4 Å². The van der Waals surface area contributed by atoms with E-state index in [4.69, 9.17) is 0 Å². The Kier molecular flexibility index (Phi) is 3.38. The monoisotopic (exact) mass is 328 g/mol. The molecule has 2 heteroatoms. The lowest BCUT2D eigenvalue weighted by Crippen LogP contribution is -2.55. The third kappa shape index (κ3) is 1.90. The number of carbonyl (C=O) groups is 1. The molecule has 8 atom stereocenters. The second-order valence-electron chi connectivity index (χ2n) is 10.00. The molecule has 132 valence electrons. The Morgan fingerprint density at radius 2 is 1.92 bits per heavy atom. The minimum absolute atomic E-state index is 0.0495. The largest absolute Gasteiger partial charge is 0.393 e. The van der Waals surface area contributed by atoms with Crippen molar-refractivity contribution in [3.63, 3.8) is 0 Å².